The van der Waals surface area contributed by atoms with E-state index in [2.05, 4.69) is 20.0 Å². The monoisotopic (exact) mass is 454 g/mol. The van der Waals surface area contributed by atoms with E-state index in [-0.39, 0.29) is 29.0 Å². The van der Waals surface area contributed by atoms with E-state index in [1.165, 1.54) is 30.3 Å². The highest BCUT2D eigenvalue weighted by molar-refractivity contribution is 7.90. The lowest BCUT2D eigenvalue weighted by Gasteiger charge is -2.10. The molecule has 0 unspecified atom stereocenters. The van der Waals surface area contributed by atoms with Gasteiger partial charge < -0.3 is 10.1 Å². The predicted octanol–water partition coefficient (Wildman–Crippen LogP) is 2.76. The molecular formula is C22H19FN4O4S. The van der Waals surface area contributed by atoms with Crippen LogP contribution in [0.2, 0.25) is 0 Å². The maximum absolute atomic E-state index is 13.0. The molecule has 0 radical (unpaired) electrons. The van der Waals surface area contributed by atoms with Crippen molar-refractivity contribution in [1.29, 1.82) is 0 Å². The third-order valence-corrected chi connectivity index (χ3v) is 6.06. The maximum atomic E-state index is 13.0. The van der Waals surface area contributed by atoms with Crippen LogP contribution >= 0.6 is 0 Å². The number of nitrogens with zero attached hydrogens (tertiary/aromatic N) is 2. The second-order valence-corrected chi connectivity index (χ2v) is 8.68. The summed E-state index contributed by atoms with van der Waals surface area (Å²) < 4.78 is 45.2. The molecule has 164 valence electrons. The molecule has 1 amide bonds. The second-order valence-electron chi connectivity index (χ2n) is 7.03. The summed E-state index contributed by atoms with van der Waals surface area (Å²) in [5.41, 5.74) is 1.17. The van der Waals surface area contributed by atoms with Gasteiger partial charge in [0.1, 0.15) is 23.4 Å². The Morgan fingerprint density at radius 1 is 1.16 bits per heavy atom. The summed E-state index contributed by atoms with van der Waals surface area (Å²) in [6.45, 7) is 1.79. The number of carbonyl (C=O) groups excluding carboxylic acids is 1. The second kappa shape index (κ2) is 8.75. The van der Waals surface area contributed by atoms with Gasteiger partial charge in [0.05, 0.1) is 4.90 Å². The molecule has 10 heteroatoms. The number of amides is 1. The molecule has 0 saturated heterocycles. The van der Waals surface area contributed by atoms with Gasteiger partial charge in [-0.05, 0) is 48.9 Å². The number of carbonyl (C=O) groups is 1. The molecule has 4 rings (SSSR count). The van der Waals surface area contributed by atoms with Crippen LogP contribution in [0.4, 0.5) is 4.39 Å². The zero-order chi connectivity index (χ0) is 22.7. The van der Waals surface area contributed by atoms with Crippen molar-refractivity contribution in [2.75, 3.05) is 0 Å². The number of aromatic nitrogens is 1. The average molecular weight is 454 g/mol. The average Bonchev–Trinajstić information content (AvgIpc) is 3.04. The maximum Gasteiger partial charge on any atom is 0.263 e. The molecule has 0 aliphatic carbocycles. The summed E-state index contributed by atoms with van der Waals surface area (Å²) >= 11 is 0. The Morgan fingerprint density at radius 2 is 1.91 bits per heavy atom. The number of rotatable bonds is 6. The van der Waals surface area contributed by atoms with Crippen LogP contribution in [-0.2, 0) is 21.4 Å². The minimum atomic E-state index is -3.66. The van der Waals surface area contributed by atoms with Gasteiger partial charge in [0.2, 0.25) is 11.8 Å². The van der Waals surface area contributed by atoms with E-state index in [0.29, 0.717) is 17.2 Å². The number of halogens is 1. The Labute approximate surface area is 184 Å². The van der Waals surface area contributed by atoms with Crippen LogP contribution < -0.4 is 14.8 Å². The Morgan fingerprint density at radius 3 is 2.62 bits per heavy atom. The minimum Gasteiger partial charge on any atom is -0.439 e. The van der Waals surface area contributed by atoms with Gasteiger partial charge in [0.25, 0.3) is 10.0 Å². The molecule has 1 aliphatic heterocycles. The van der Waals surface area contributed by atoms with Crippen LogP contribution in [0.25, 0.3) is 0 Å². The Kier molecular flexibility index (Phi) is 5.87. The number of ether oxygens (including phenoxy) is 1. The molecule has 2 aromatic carbocycles. The van der Waals surface area contributed by atoms with Gasteiger partial charge in [0, 0.05) is 24.4 Å². The number of nitrogens with one attached hydrogen (secondary N) is 2. The zero-order valence-electron chi connectivity index (χ0n) is 16.9. The lowest BCUT2D eigenvalue weighted by atomic mass is 10.2. The third-order valence-electron chi connectivity index (χ3n) is 4.67. The Bertz CT molecular complexity index is 1280. The summed E-state index contributed by atoms with van der Waals surface area (Å²) in [4.78, 5) is 21.0. The summed E-state index contributed by atoms with van der Waals surface area (Å²) in [5.74, 6) is 0.209. The fraction of sp³-hybridized carbons (Fsp3) is 0.136. The number of benzene rings is 2. The van der Waals surface area contributed by atoms with E-state index in [1.54, 1.807) is 43.5 Å². The highest BCUT2D eigenvalue weighted by Gasteiger charge is 2.31. The topological polar surface area (TPSA) is 110 Å². The van der Waals surface area contributed by atoms with Crippen LogP contribution in [0.1, 0.15) is 18.1 Å². The molecule has 1 atom stereocenters. The van der Waals surface area contributed by atoms with Gasteiger partial charge >= 0.3 is 0 Å². The molecule has 1 aromatic heterocycles. The summed E-state index contributed by atoms with van der Waals surface area (Å²) in [5, 5.41) is 2.75. The highest BCUT2D eigenvalue weighted by Crippen LogP contribution is 2.23. The van der Waals surface area contributed by atoms with Crippen molar-refractivity contribution in [3.05, 3.63) is 83.8 Å². The first-order chi connectivity index (χ1) is 15.3. The molecule has 0 bridgehead atoms. The van der Waals surface area contributed by atoms with Crippen LogP contribution in [0, 0.1) is 5.82 Å². The quantitative estimate of drug-likeness (QED) is 0.595. The number of pyridine rings is 1. The third kappa shape index (κ3) is 4.75. The fourth-order valence-electron chi connectivity index (χ4n) is 3.02. The lowest BCUT2D eigenvalue weighted by Crippen LogP contribution is -2.33. The molecule has 2 N–H and O–H groups in total. The summed E-state index contributed by atoms with van der Waals surface area (Å²) in [7, 11) is -3.66. The summed E-state index contributed by atoms with van der Waals surface area (Å²) in [6, 6.07) is 14.6. The van der Waals surface area contributed by atoms with Crippen LogP contribution in [0.3, 0.4) is 0 Å². The van der Waals surface area contributed by atoms with Crippen LogP contribution in [0.15, 0.2) is 76.7 Å². The van der Waals surface area contributed by atoms with Crippen molar-refractivity contribution in [3.8, 4) is 11.6 Å². The number of aliphatic imine (C=N–C) groups is 1. The van der Waals surface area contributed by atoms with Gasteiger partial charge in [-0.1, -0.05) is 18.2 Å². The van der Waals surface area contributed by atoms with Crippen molar-refractivity contribution < 1.29 is 22.3 Å². The Hall–Kier alpha value is -3.79. The van der Waals surface area contributed by atoms with Crippen molar-refractivity contribution in [3.63, 3.8) is 0 Å². The molecule has 3 aromatic rings. The molecule has 0 fully saturated rings. The van der Waals surface area contributed by atoms with E-state index in [4.69, 9.17) is 4.74 Å². The normalized spacial score (nSPS) is 16.1. The van der Waals surface area contributed by atoms with E-state index in [1.807, 2.05) is 0 Å². The smallest absolute Gasteiger partial charge is 0.263 e. The van der Waals surface area contributed by atoms with Gasteiger partial charge in [-0.3, -0.25) is 14.5 Å². The SMILES string of the molecule is C[C@H](N=C1NS(=O)(=O)c2ccccc21)C(=O)NCc1ccc(Oc2ccc(F)cc2)nc1. The number of sulfonamides is 1. The van der Waals surface area contributed by atoms with Crippen LogP contribution in [-0.4, -0.2) is 31.2 Å². The molecular weight excluding hydrogens is 435 g/mol. The van der Waals surface area contributed by atoms with E-state index in [0.717, 1.165) is 5.56 Å². The summed E-state index contributed by atoms with van der Waals surface area (Å²) in [6.07, 6.45) is 1.55. The zero-order valence-corrected chi connectivity index (χ0v) is 17.8. The van der Waals surface area contributed by atoms with E-state index >= 15 is 0 Å². The first-order valence-corrected chi connectivity index (χ1v) is 11.2. The molecule has 1 aliphatic rings. The van der Waals surface area contributed by atoms with Gasteiger partial charge in [-0.15, -0.1) is 0 Å². The number of hydrogen-bond acceptors (Lipinski definition) is 6. The first-order valence-electron chi connectivity index (χ1n) is 9.68. The van der Waals surface area contributed by atoms with Gasteiger partial charge in [-0.2, -0.15) is 0 Å². The molecule has 0 spiro atoms. The van der Waals surface area contributed by atoms with Crippen LogP contribution in [0.5, 0.6) is 11.6 Å². The van der Waals surface area contributed by atoms with E-state index in [9.17, 15) is 17.6 Å². The van der Waals surface area contributed by atoms with Crippen molar-refractivity contribution >= 4 is 21.8 Å². The fourth-order valence-corrected chi connectivity index (χ4v) is 4.26. The molecule has 2 heterocycles. The largest absolute Gasteiger partial charge is 0.439 e. The van der Waals surface area contributed by atoms with E-state index < -0.39 is 16.1 Å². The van der Waals surface area contributed by atoms with Gasteiger partial charge in [-0.25, -0.2) is 17.8 Å². The van der Waals surface area contributed by atoms with Crippen molar-refractivity contribution in [2.45, 2.75) is 24.4 Å². The lowest BCUT2D eigenvalue weighted by molar-refractivity contribution is -0.122. The molecule has 32 heavy (non-hydrogen) atoms. The minimum absolute atomic E-state index is 0.139. The number of amidine groups is 1. The van der Waals surface area contributed by atoms with Crippen molar-refractivity contribution in [1.82, 2.24) is 15.0 Å². The van der Waals surface area contributed by atoms with Gasteiger partial charge in [0.15, 0.2) is 0 Å². The standard InChI is InChI=1S/C22H19FN4O4S/c1-14(26-21-18-4-2-3-5-19(18)32(29,30)27-21)22(28)25-13-15-6-11-20(24-12-15)31-17-9-7-16(23)8-10-17/h2-12,14H,13H2,1H3,(H,25,28)(H,26,27)/t14-/m0/s1. The predicted molar refractivity (Wildman–Crippen MR) is 115 cm³/mol. The molecule has 0 saturated carbocycles. The Balaban J connectivity index is 1.35. The number of fused-ring (bicyclic) bond motifs is 1. The number of hydrogen-bond donors (Lipinski definition) is 2. The highest BCUT2D eigenvalue weighted by atomic mass is 32.2. The van der Waals surface area contributed by atoms with Crippen molar-refractivity contribution in [2.24, 2.45) is 4.99 Å². The molecule has 8 nitrogen and oxygen atoms in total. The first kappa shape index (κ1) is 21.4.